The molecular weight excluding hydrogens is 418 g/mol. The molecule has 0 spiro atoms. The van der Waals surface area contributed by atoms with Crippen LogP contribution in [0.2, 0.25) is 0 Å². The Balaban J connectivity index is 1.77. The van der Waals surface area contributed by atoms with Crippen LogP contribution in [0.4, 0.5) is 13.6 Å². The highest BCUT2D eigenvalue weighted by Crippen LogP contribution is 2.37. The van der Waals surface area contributed by atoms with Crippen LogP contribution in [0.15, 0.2) is 58.8 Å². The summed E-state index contributed by atoms with van der Waals surface area (Å²) in [4.78, 5) is 18.9. The molecule has 2 amide bonds. The van der Waals surface area contributed by atoms with Crippen molar-refractivity contribution in [2.45, 2.75) is 19.4 Å². The van der Waals surface area contributed by atoms with E-state index < -0.39 is 11.9 Å². The molecule has 1 aliphatic rings. The molecule has 1 aliphatic heterocycles. The fraction of sp³-hybridized carbons (Fsp3) is 0.261. The summed E-state index contributed by atoms with van der Waals surface area (Å²) >= 11 is 0. The molecule has 2 aromatic carbocycles. The molecule has 166 valence electrons. The van der Waals surface area contributed by atoms with Gasteiger partial charge in [-0.1, -0.05) is 29.4 Å². The minimum Gasteiger partial charge on any atom is -0.385 e. The lowest BCUT2D eigenvalue weighted by molar-refractivity contribution is 0.174. The van der Waals surface area contributed by atoms with Gasteiger partial charge >= 0.3 is 6.03 Å². The zero-order chi connectivity index (χ0) is 22.7. The van der Waals surface area contributed by atoms with Crippen molar-refractivity contribution in [1.29, 1.82) is 0 Å². The zero-order valence-electron chi connectivity index (χ0n) is 17.6. The number of nitrogens with one attached hydrogen (secondary N) is 1. The van der Waals surface area contributed by atoms with Gasteiger partial charge in [-0.25, -0.2) is 13.6 Å². The van der Waals surface area contributed by atoms with E-state index in [1.807, 2.05) is 0 Å². The summed E-state index contributed by atoms with van der Waals surface area (Å²) in [6.45, 7) is 2.72. The molecule has 32 heavy (non-hydrogen) atoms. The molecule has 0 bridgehead atoms. The van der Waals surface area contributed by atoms with Crippen LogP contribution < -0.4 is 5.32 Å². The Morgan fingerprint density at radius 3 is 2.66 bits per heavy atom. The number of methoxy groups -OCH3 is 1. The Labute approximate surface area is 183 Å². The first-order valence-corrected chi connectivity index (χ1v) is 10.1. The first-order valence-electron chi connectivity index (χ1n) is 10.1. The molecule has 2 heterocycles. The minimum atomic E-state index is -0.623. The number of ether oxygens (including phenoxy) is 1. The number of urea groups is 1. The van der Waals surface area contributed by atoms with E-state index in [9.17, 15) is 13.6 Å². The van der Waals surface area contributed by atoms with Crippen molar-refractivity contribution < 1.29 is 22.8 Å². The standard InChI is InChI=1S/C23H22F2N4O3/c1-14-19(22-27-21(28-32-22)16-5-3-6-18(25)13-16)20(15-7-9-17(24)10-8-15)26-23(30)29(14)11-4-12-31-2/h3,5-10,13,20H,4,11-12H2,1-2H3,(H,26,30). The highest BCUT2D eigenvalue weighted by molar-refractivity contribution is 5.86. The molecule has 0 radical (unpaired) electrons. The van der Waals surface area contributed by atoms with Crippen LogP contribution in [-0.4, -0.2) is 41.3 Å². The molecule has 1 N–H and O–H groups in total. The number of hydrogen-bond acceptors (Lipinski definition) is 5. The quantitative estimate of drug-likeness (QED) is 0.546. The van der Waals surface area contributed by atoms with Crippen LogP contribution >= 0.6 is 0 Å². The molecule has 1 atom stereocenters. The normalized spacial score (nSPS) is 16.4. The summed E-state index contributed by atoms with van der Waals surface area (Å²) in [6.07, 6.45) is 0.633. The lowest BCUT2D eigenvalue weighted by atomic mass is 9.94. The van der Waals surface area contributed by atoms with Crippen LogP contribution in [-0.2, 0) is 4.74 Å². The summed E-state index contributed by atoms with van der Waals surface area (Å²) in [7, 11) is 1.60. The third-order valence-electron chi connectivity index (χ3n) is 5.27. The molecule has 3 aromatic rings. The van der Waals surface area contributed by atoms with E-state index in [1.165, 1.54) is 24.3 Å². The van der Waals surface area contributed by atoms with Crippen molar-refractivity contribution in [2.75, 3.05) is 20.3 Å². The smallest absolute Gasteiger partial charge is 0.322 e. The molecule has 0 saturated heterocycles. The summed E-state index contributed by atoms with van der Waals surface area (Å²) in [5.41, 5.74) is 2.35. The van der Waals surface area contributed by atoms with E-state index in [0.29, 0.717) is 42.0 Å². The average molecular weight is 440 g/mol. The maximum atomic E-state index is 13.6. The van der Waals surface area contributed by atoms with E-state index in [4.69, 9.17) is 9.26 Å². The molecular formula is C23H22F2N4O3. The number of carbonyl (C=O) groups excluding carboxylic acids is 1. The van der Waals surface area contributed by atoms with Gasteiger partial charge in [0.25, 0.3) is 5.89 Å². The van der Waals surface area contributed by atoms with Crippen LogP contribution in [0.25, 0.3) is 17.0 Å². The van der Waals surface area contributed by atoms with Gasteiger partial charge in [-0.05, 0) is 43.2 Å². The van der Waals surface area contributed by atoms with Crippen molar-refractivity contribution in [3.8, 4) is 11.4 Å². The van der Waals surface area contributed by atoms with E-state index in [2.05, 4.69) is 15.5 Å². The second-order valence-electron chi connectivity index (χ2n) is 7.36. The van der Waals surface area contributed by atoms with Crippen molar-refractivity contribution >= 4 is 11.6 Å². The topological polar surface area (TPSA) is 80.5 Å². The van der Waals surface area contributed by atoms with Gasteiger partial charge in [-0.15, -0.1) is 0 Å². The Kier molecular flexibility index (Phi) is 6.27. The average Bonchev–Trinajstić information content (AvgIpc) is 3.26. The van der Waals surface area contributed by atoms with Crippen LogP contribution in [0.5, 0.6) is 0 Å². The third kappa shape index (κ3) is 4.38. The van der Waals surface area contributed by atoms with E-state index in [0.717, 1.165) is 0 Å². The van der Waals surface area contributed by atoms with Crippen LogP contribution in [0, 0.1) is 11.6 Å². The van der Waals surface area contributed by atoms with Gasteiger partial charge in [0.05, 0.1) is 11.6 Å². The number of halogens is 2. The lowest BCUT2D eigenvalue weighted by Crippen LogP contribution is -2.46. The highest BCUT2D eigenvalue weighted by Gasteiger charge is 2.35. The van der Waals surface area contributed by atoms with Gasteiger partial charge in [0.15, 0.2) is 0 Å². The molecule has 4 rings (SSSR count). The van der Waals surface area contributed by atoms with Gasteiger partial charge in [-0.3, -0.25) is 4.90 Å². The van der Waals surface area contributed by atoms with Crippen molar-refractivity contribution in [2.24, 2.45) is 0 Å². The van der Waals surface area contributed by atoms with Crippen molar-refractivity contribution in [3.63, 3.8) is 0 Å². The van der Waals surface area contributed by atoms with E-state index in [1.54, 1.807) is 43.2 Å². The Morgan fingerprint density at radius 2 is 1.94 bits per heavy atom. The first-order chi connectivity index (χ1) is 15.5. The lowest BCUT2D eigenvalue weighted by Gasteiger charge is -2.35. The van der Waals surface area contributed by atoms with Crippen LogP contribution in [0.3, 0.4) is 0 Å². The number of aromatic nitrogens is 2. The highest BCUT2D eigenvalue weighted by atomic mass is 19.1. The second-order valence-corrected chi connectivity index (χ2v) is 7.36. The minimum absolute atomic E-state index is 0.188. The number of amides is 2. The Hall–Kier alpha value is -3.59. The SMILES string of the molecule is COCCCN1C(=O)NC(c2ccc(F)cc2)C(c2nc(-c3cccc(F)c3)no2)=C1C. The van der Waals surface area contributed by atoms with Gasteiger partial charge in [-0.2, -0.15) is 4.98 Å². The third-order valence-corrected chi connectivity index (χ3v) is 5.27. The Bertz CT molecular complexity index is 1140. The number of carbonyl (C=O) groups is 1. The van der Waals surface area contributed by atoms with Crippen molar-refractivity contribution in [1.82, 2.24) is 20.4 Å². The monoisotopic (exact) mass is 440 g/mol. The van der Waals surface area contributed by atoms with Crippen LogP contribution in [0.1, 0.15) is 30.8 Å². The Morgan fingerprint density at radius 1 is 1.16 bits per heavy atom. The summed E-state index contributed by atoms with van der Waals surface area (Å²) in [6, 6.07) is 10.8. The maximum Gasteiger partial charge on any atom is 0.322 e. The summed E-state index contributed by atoms with van der Waals surface area (Å²) < 4.78 is 37.8. The van der Waals surface area contributed by atoms with Gasteiger partial charge in [0.1, 0.15) is 11.6 Å². The largest absolute Gasteiger partial charge is 0.385 e. The summed E-state index contributed by atoms with van der Waals surface area (Å²) in [5, 5.41) is 6.95. The number of nitrogens with zero attached hydrogens (tertiary/aromatic N) is 3. The van der Waals surface area contributed by atoms with Gasteiger partial charge in [0.2, 0.25) is 5.82 Å². The zero-order valence-corrected chi connectivity index (χ0v) is 17.6. The number of benzene rings is 2. The number of rotatable bonds is 7. The molecule has 0 aliphatic carbocycles. The molecule has 0 saturated carbocycles. The van der Waals surface area contributed by atoms with E-state index in [-0.39, 0.29) is 23.6 Å². The number of allylic oxidation sites excluding steroid dienone is 1. The van der Waals surface area contributed by atoms with Crippen molar-refractivity contribution in [3.05, 3.63) is 77.3 Å². The summed E-state index contributed by atoms with van der Waals surface area (Å²) in [5.74, 6) is -0.387. The molecule has 1 unspecified atom stereocenters. The molecule has 7 nitrogen and oxygen atoms in total. The fourth-order valence-electron chi connectivity index (χ4n) is 3.68. The van der Waals surface area contributed by atoms with Gasteiger partial charge < -0.3 is 14.6 Å². The maximum absolute atomic E-state index is 13.6. The molecule has 9 heteroatoms. The van der Waals surface area contributed by atoms with E-state index >= 15 is 0 Å². The van der Waals surface area contributed by atoms with Gasteiger partial charge in [0, 0.05) is 31.5 Å². The first kappa shape index (κ1) is 21.6. The second kappa shape index (κ2) is 9.27. The molecule has 0 fully saturated rings. The molecule has 1 aromatic heterocycles. The number of hydrogen-bond donors (Lipinski definition) is 1. The predicted molar refractivity (Wildman–Crippen MR) is 113 cm³/mol. The predicted octanol–water partition coefficient (Wildman–Crippen LogP) is 4.55. The fourth-order valence-corrected chi connectivity index (χ4v) is 3.68.